The third-order valence-corrected chi connectivity index (χ3v) is 2.84. The molecule has 1 rings (SSSR count). The maximum atomic E-state index is 11.3. The van der Waals surface area contributed by atoms with Gasteiger partial charge in [0.05, 0.1) is 0 Å². The van der Waals surface area contributed by atoms with Crippen molar-refractivity contribution in [2.45, 2.75) is 26.7 Å². The largest absolute Gasteiger partial charge is 0.427 e. The fourth-order valence-electron chi connectivity index (χ4n) is 1.43. The summed E-state index contributed by atoms with van der Waals surface area (Å²) in [5.74, 6) is 0.462. The summed E-state index contributed by atoms with van der Waals surface area (Å²) in [4.78, 5) is 11.3. The number of nitrogens with one attached hydrogen (secondary N) is 1. The smallest absolute Gasteiger partial charge is 0.409 e. The number of hydrogen-bond acceptors (Lipinski definition) is 4. The number of amides is 1. The van der Waals surface area contributed by atoms with E-state index in [1.54, 1.807) is 6.07 Å². The van der Waals surface area contributed by atoms with Crippen LogP contribution < -0.4 is 9.46 Å². The lowest BCUT2D eigenvalue weighted by Gasteiger charge is -2.13. The second-order valence-electron chi connectivity index (χ2n) is 4.13. The molecule has 1 aromatic carbocycles. The van der Waals surface area contributed by atoms with E-state index in [-0.39, 0.29) is 5.92 Å². The third-order valence-electron chi connectivity index (χ3n) is 2.20. The van der Waals surface area contributed by atoms with Crippen molar-refractivity contribution in [3.05, 3.63) is 29.3 Å². The lowest BCUT2D eigenvalue weighted by atomic mass is 10.0. The van der Waals surface area contributed by atoms with E-state index in [0.717, 1.165) is 11.1 Å². The molecule has 1 aromatic rings. The van der Waals surface area contributed by atoms with Crippen LogP contribution >= 0.6 is 10.7 Å². The number of rotatable bonds is 3. The molecule has 0 spiro atoms. The Kier molecular flexibility index (Phi) is 4.59. The zero-order chi connectivity index (χ0) is 13.9. The zero-order valence-electron chi connectivity index (χ0n) is 10.2. The first-order valence-corrected chi connectivity index (χ1v) is 7.54. The Hall–Kier alpha value is -1.27. The van der Waals surface area contributed by atoms with Gasteiger partial charge in [-0.1, -0.05) is 26.0 Å². The molecular formula is C11H14ClNO4S. The summed E-state index contributed by atoms with van der Waals surface area (Å²) in [6, 6.07) is 5.38. The summed E-state index contributed by atoms with van der Waals surface area (Å²) in [6.45, 7) is 5.72. The molecule has 0 fully saturated rings. The van der Waals surface area contributed by atoms with E-state index in [4.69, 9.17) is 15.4 Å². The third kappa shape index (κ3) is 4.54. The predicted octanol–water partition coefficient (Wildman–Crippen LogP) is 2.69. The van der Waals surface area contributed by atoms with E-state index in [0.29, 0.717) is 5.75 Å². The Morgan fingerprint density at radius 1 is 1.39 bits per heavy atom. The molecule has 100 valence electrons. The molecule has 0 aliphatic heterocycles. The van der Waals surface area contributed by atoms with Crippen LogP contribution in [0.15, 0.2) is 18.2 Å². The van der Waals surface area contributed by atoms with Gasteiger partial charge in [-0.2, -0.15) is 8.42 Å². The molecule has 0 aromatic heterocycles. The van der Waals surface area contributed by atoms with E-state index in [1.807, 2.05) is 32.9 Å². The van der Waals surface area contributed by atoms with Gasteiger partial charge in [-0.05, 0) is 30.0 Å². The van der Waals surface area contributed by atoms with Gasteiger partial charge in [-0.15, -0.1) is 0 Å². The summed E-state index contributed by atoms with van der Waals surface area (Å²) < 4.78 is 27.8. The molecule has 18 heavy (non-hydrogen) atoms. The van der Waals surface area contributed by atoms with Crippen molar-refractivity contribution in [2.75, 3.05) is 0 Å². The Labute approximate surface area is 111 Å². The maximum Gasteiger partial charge on any atom is 0.427 e. The fourth-order valence-corrected chi connectivity index (χ4v) is 1.86. The molecular weight excluding hydrogens is 278 g/mol. The lowest BCUT2D eigenvalue weighted by molar-refractivity contribution is 0.206. The number of ether oxygens (including phenoxy) is 1. The van der Waals surface area contributed by atoms with Crippen molar-refractivity contribution in [3.8, 4) is 5.75 Å². The molecule has 0 bridgehead atoms. The molecule has 1 amide bonds. The van der Waals surface area contributed by atoms with Crippen LogP contribution in [0.3, 0.4) is 0 Å². The molecule has 1 N–H and O–H groups in total. The van der Waals surface area contributed by atoms with Gasteiger partial charge >= 0.3 is 15.3 Å². The highest BCUT2D eigenvalue weighted by Gasteiger charge is 2.16. The van der Waals surface area contributed by atoms with Crippen molar-refractivity contribution in [3.63, 3.8) is 0 Å². The topological polar surface area (TPSA) is 72.5 Å². The minimum Gasteiger partial charge on any atom is -0.409 e. The van der Waals surface area contributed by atoms with Gasteiger partial charge in [-0.3, -0.25) is 0 Å². The number of halogens is 1. The van der Waals surface area contributed by atoms with Gasteiger partial charge in [0.1, 0.15) is 5.75 Å². The van der Waals surface area contributed by atoms with Crippen molar-refractivity contribution >= 4 is 26.0 Å². The standard InChI is InChI=1S/C11H14ClNO4S/c1-7(2)9-5-4-8(3)6-10(9)17-11(14)13-18(12,15)16/h4-7H,1-3H3,(H,13,14). The summed E-state index contributed by atoms with van der Waals surface area (Å²) in [7, 11) is 0.749. The number of benzene rings is 1. The molecule has 0 radical (unpaired) electrons. The van der Waals surface area contributed by atoms with Crippen LogP contribution in [-0.2, 0) is 9.24 Å². The second kappa shape index (κ2) is 5.58. The predicted molar refractivity (Wildman–Crippen MR) is 69.2 cm³/mol. The van der Waals surface area contributed by atoms with Gasteiger partial charge in [-0.25, -0.2) is 9.52 Å². The minimum atomic E-state index is -4.14. The number of hydrogen-bond donors (Lipinski definition) is 1. The van der Waals surface area contributed by atoms with Crippen LogP contribution in [0.2, 0.25) is 0 Å². The van der Waals surface area contributed by atoms with Crippen molar-refractivity contribution in [2.24, 2.45) is 0 Å². The van der Waals surface area contributed by atoms with E-state index in [1.165, 1.54) is 4.72 Å². The van der Waals surface area contributed by atoms with E-state index in [9.17, 15) is 13.2 Å². The van der Waals surface area contributed by atoms with Gasteiger partial charge in [0.15, 0.2) is 0 Å². The first-order valence-electron chi connectivity index (χ1n) is 5.24. The van der Waals surface area contributed by atoms with E-state index >= 15 is 0 Å². The SMILES string of the molecule is Cc1ccc(C(C)C)c(OC(=O)NS(=O)(=O)Cl)c1. The average Bonchev–Trinajstić information content (AvgIpc) is 2.13. The molecule has 0 aliphatic carbocycles. The highest BCUT2D eigenvalue weighted by atomic mass is 35.7. The highest BCUT2D eigenvalue weighted by molar-refractivity contribution is 8.12. The fraction of sp³-hybridized carbons (Fsp3) is 0.364. The molecule has 5 nitrogen and oxygen atoms in total. The van der Waals surface area contributed by atoms with E-state index in [2.05, 4.69) is 0 Å². The van der Waals surface area contributed by atoms with Gasteiger partial charge < -0.3 is 4.74 Å². The monoisotopic (exact) mass is 291 g/mol. The molecule has 0 unspecified atom stereocenters. The maximum absolute atomic E-state index is 11.3. The highest BCUT2D eigenvalue weighted by Crippen LogP contribution is 2.27. The Morgan fingerprint density at radius 3 is 2.50 bits per heavy atom. The van der Waals surface area contributed by atoms with E-state index < -0.39 is 15.3 Å². The van der Waals surface area contributed by atoms with Crippen LogP contribution in [0.4, 0.5) is 4.79 Å². The summed E-state index contributed by atoms with van der Waals surface area (Å²) in [6.07, 6.45) is -1.13. The zero-order valence-corrected chi connectivity index (χ0v) is 11.8. The molecule has 7 heteroatoms. The Balaban J connectivity index is 2.96. The number of carbonyl (C=O) groups excluding carboxylic acids is 1. The quantitative estimate of drug-likeness (QED) is 0.869. The van der Waals surface area contributed by atoms with Gasteiger partial charge in [0, 0.05) is 10.7 Å². The Bertz CT molecular complexity index is 554. The molecule has 0 saturated carbocycles. The first-order chi connectivity index (χ1) is 8.19. The van der Waals surface area contributed by atoms with Crippen LogP contribution in [0.5, 0.6) is 5.75 Å². The van der Waals surface area contributed by atoms with Gasteiger partial charge in [0.2, 0.25) is 0 Å². The molecule has 0 heterocycles. The summed E-state index contributed by atoms with van der Waals surface area (Å²) in [5, 5.41) is 0. The molecule has 0 atom stereocenters. The molecule has 0 aliphatic rings. The molecule has 0 saturated heterocycles. The van der Waals surface area contributed by atoms with Crippen LogP contribution in [0.25, 0.3) is 0 Å². The van der Waals surface area contributed by atoms with Crippen LogP contribution in [0, 0.1) is 6.92 Å². The average molecular weight is 292 g/mol. The van der Waals surface area contributed by atoms with Crippen molar-refractivity contribution < 1.29 is 17.9 Å². The van der Waals surface area contributed by atoms with Crippen molar-refractivity contribution in [1.29, 1.82) is 0 Å². The summed E-state index contributed by atoms with van der Waals surface area (Å²) >= 11 is 0. The van der Waals surface area contributed by atoms with Crippen LogP contribution in [0.1, 0.15) is 30.9 Å². The normalized spacial score (nSPS) is 11.4. The number of carbonyl (C=O) groups is 1. The second-order valence-corrected chi connectivity index (χ2v) is 6.42. The van der Waals surface area contributed by atoms with Crippen molar-refractivity contribution in [1.82, 2.24) is 4.72 Å². The van der Waals surface area contributed by atoms with Crippen LogP contribution in [-0.4, -0.2) is 14.5 Å². The summed E-state index contributed by atoms with van der Waals surface area (Å²) in [5.41, 5.74) is 1.71. The Morgan fingerprint density at radius 2 is 2.00 bits per heavy atom. The first kappa shape index (κ1) is 14.8. The minimum absolute atomic E-state index is 0.140. The van der Waals surface area contributed by atoms with Gasteiger partial charge in [0.25, 0.3) is 0 Å². The lowest BCUT2D eigenvalue weighted by Crippen LogP contribution is -2.29. The number of aryl methyl sites for hydroxylation is 1.